The van der Waals surface area contributed by atoms with Crippen LogP contribution in [0.3, 0.4) is 0 Å². The first-order valence-electron chi connectivity index (χ1n) is 6.58. The van der Waals surface area contributed by atoms with E-state index in [0.29, 0.717) is 5.69 Å². The van der Waals surface area contributed by atoms with Crippen LogP contribution in [0.4, 0.5) is 5.69 Å². The fourth-order valence-electron chi connectivity index (χ4n) is 2.42. The molecule has 1 amide bonds. The number of carbonyl (C=O) groups is 1. The number of nitrogens with zero attached hydrogens (tertiary/aromatic N) is 1. The number of para-hydroxylation sites is 2. The molecule has 0 atom stereocenters. The maximum atomic E-state index is 12.6. The Morgan fingerprint density at radius 1 is 1.05 bits per heavy atom. The molecule has 3 rings (SSSR count). The van der Waals surface area contributed by atoms with Gasteiger partial charge in [-0.1, -0.05) is 36.4 Å². The Labute approximate surface area is 117 Å². The van der Waals surface area contributed by atoms with Crippen LogP contribution in [-0.4, -0.2) is 17.9 Å². The maximum absolute atomic E-state index is 12.6. The Kier molecular flexibility index (Phi) is 3.03. The lowest BCUT2D eigenvalue weighted by Crippen LogP contribution is -2.27. The van der Waals surface area contributed by atoms with Crippen molar-refractivity contribution in [2.45, 2.75) is 6.92 Å². The fraction of sp³-hybridized carbons (Fsp3) is 0.118. The van der Waals surface area contributed by atoms with Crippen LogP contribution in [0.1, 0.15) is 16.1 Å². The van der Waals surface area contributed by atoms with E-state index in [-0.39, 0.29) is 5.91 Å². The van der Waals surface area contributed by atoms with Crippen LogP contribution in [0.2, 0.25) is 0 Å². The Morgan fingerprint density at radius 3 is 2.50 bits per heavy atom. The van der Waals surface area contributed by atoms with Gasteiger partial charge in [-0.25, -0.2) is 0 Å². The van der Waals surface area contributed by atoms with Crippen molar-refractivity contribution < 1.29 is 4.79 Å². The minimum Gasteiger partial charge on any atom is -0.351 e. The van der Waals surface area contributed by atoms with Gasteiger partial charge in [-0.3, -0.25) is 4.79 Å². The highest BCUT2D eigenvalue weighted by Gasteiger charge is 2.16. The van der Waals surface area contributed by atoms with E-state index in [9.17, 15) is 4.79 Å². The number of aryl methyl sites for hydroxylation is 1. The molecule has 2 aromatic carbocycles. The predicted molar refractivity (Wildman–Crippen MR) is 82.2 cm³/mol. The fourth-order valence-corrected chi connectivity index (χ4v) is 2.42. The Bertz CT molecular complexity index is 740. The van der Waals surface area contributed by atoms with Crippen LogP contribution in [0.15, 0.2) is 54.6 Å². The Morgan fingerprint density at radius 2 is 1.75 bits per heavy atom. The van der Waals surface area contributed by atoms with Crippen molar-refractivity contribution >= 4 is 22.5 Å². The van der Waals surface area contributed by atoms with Crippen LogP contribution >= 0.6 is 0 Å². The zero-order valence-corrected chi connectivity index (χ0v) is 11.6. The smallest absolute Gasteiger partial charge is 0.274 e. The van der Waals surface area contributed by atoms with E-state index in [4.69, 9.17) is 0 Å². The molecule has 3 nitrogen and oxygen atoms in total. The van der Waals surface area contributed by atoms with Crippen LogP contribution in [0, 0.1) is 6.92 Å². The lowest BCUT2D eigenvalue weighted by atomic mass is 10.2. The van der Waals surface area contributed by atoms with Gasteiger partial charge in [0.15, 0.2) is 0 Å². The summed E-state index contributed by atoms with van der Waals surface area (Å²) in [7, 11) is 1.80. The summed E-state index contributed by atoms with van der Waals surface area (Å²) >= 11 is 0. The molecule has 20 heavy (non-hydrogen) atoms. The number of H-pyrrole nitrogens is 1. The topological polar surface area (TPSA) is 36.1 Å². The van der Waals surface area contributed by atoms with Crippen molar-refractivity contribution in [2.24, 2.45) is 0 Å². The molecule has 0 saturated carbocycles. The third-order valence-corrected chi connectivity index (χ3v) is 3.54. The highest BCUT2D eigenvalue weighted by molar-refractivity contribution is 6.07. The van der Waals surface area contributed by atoms with E-state index < -0.39 is 0 Å². The van der Waals surface area contributed by atoms with E-state index >= 15 is 0 Å². The summed E-state index contributed by atoms with van der Waals surface area (Å²) in [5, 5.41) is 1.05. The van der Waals surface area contributed by atoms with E-state index in [1.54, 1.807) is 11.9 Å². The zero-order chi connectivity index (χ0) is 14.1. The number of hydrogen-bond acceptors (Lipinski definition) is 1. The number of aromatic nitrogens is 1. The van der Waals surface area contributed by atoms with Crippen molar-refractivity contribution in [3.63, 3.8) is 0 Å². The molecule has 0 aliphatic carbocycles. The normalized spacial score (nSPS) is 10.7. The van der Waals surface area contributed by atoms with Gasteiger partial charge in [-0.2, -0.15) is 0 Å². The number of rotatable bonds is 2. The Hall–Kier alpha value is -2.55. The van der Waals surface area contributed by atoms with Crippen LogP contribution in [0.5, 0.6) is 0 Å². The van der Waals surface area contributed by atoms with Crippen LogP contribution < -0.4 is 4.90 Å². The lowest BCUT2D eigenvalue weighted by molar-refractivity contribution is 0.0989. The van der Waals surface area contributed by atoms with Crippen molar-refractivity contribution in [3.8, 4) is 0 Å². The molecule has 1 N–H and O–H groups in total. The van der Waals surface area contributed by atoms with Gasteiger partial charge in [-0.05, 0) is 30.7 Å². The molecule has 3 aromatic rings. The molecule has 0 bridgehead atoms. The van der Waals surface area contributed by atoms with Crippen molar-refractivity contribution in [1.29, 1.82) is 0 Å². The molecular formula is C17H16N2O. The van der Waals surface area contributed by atoms with Gasteiger partial charge in [-0.15, -0.1) is 0 Å². The standard InChI is InChI=1S/C17H16N2O/c1-12-7-3-6-10-16(12)19(2)17(20)15-11-13-8-4-5-9-14(13)18-15/h3-11,18H,1-2H3. The maximum Gasteiger partial charge on any atom is 0.274 e. The van der Waals surface area contributed by atoms with E-state index in [2.05, 4.69) is 4.98 Å². The van der Waals surface area contributed by atoms with Crippen LogP contribution in [0.25, 0.3) is 10.9 Å². The van der Waals surface area contributed by atoms with Gasteiger partial charge in [0.25, 0.3) is 5.91 Å². The third kappa shape index (κ3) is 2.07. The SMILES string of the molecule is Cc1ccccc1N(C)C(=O)c1cc2ccccc2[nH]1. The molecule has 0 aliphatic heterocycles. The molecule has 0 saturated heterocycles. The molecule has 0 fully saturated rings. The second kappa shape index (κ2) is 4.85. The number of anilines is 1. The number of nitrogens with one attached hydrogen (secondary N) is 1. The van der Waals surface area contributed by atoms with Gasteiger partial charge < -0.3 is 9.88 Å². The lowest BCUT2D eigenvalue weighted by Gasteiger charge is -2.18. The minimum absolute atomic E-state index is 0.0319. The number of benzene rings is 2. The van der Waals surface area contributed by atoms with E-state index in [1.807, 2.05) is 61.5 Å². The summed E-state index contributed by atoms with van der Waals surface area (Å²) in [5.41, 5.74) is 3.60. The number of carbonyl (C=O) groups excluding carboxylic acids is 1. The molecule has 1 heterocycles. The van der Waals surface area contributed by atoms with Crippen molar-refractivity contribution in [3.05, 3.63) is 65.9 Å². The highest BCUT2D eigenvalue weighted by atomic mass is 16.2. The van der Waals surface area contributed by atoms with Gasteiger partial charge in [0.1, 0.15) is 5.69 Å². The van der Waals surface area contributed by atoms with Gasteiger partial charge in [0, 0.05) is 23.6 Å². The van der Waals surface area contributed by atoms with Crippen molar-refractivity contribution in [1.82, 2.24) is 4.98 Å². The molecule has 1 aromatic heterocycles. The first-order valence-corrected chi connectivity index (χ1v) is 6.58. The second-order valence-corrected chi connectivity index (χ2v) is 4.92. The second-order valence-electron chi connectivity index (χ2n) is 4.92. The first kappa shape index (κ1) is 12.5. The number of aromatic amines is 1. The Balaban J connectivity index is 1.98. The van der Waals surface area contributed by atoms with Gasteiger partial charge >= 0.3 is 0 Å². The first-order chi connectivity index (χ1) is 9.66. The van der Waals surface area contributed by atoms with Gasteiger partial charge in [0.05, 0.1) is 0 Å². The average Bonchev–Trinajstić information content (AvgIpc) is 2.90. The quantitative estimate of drug-likeness (QED) is 0.751. The van der Waals surface area contributed by atoms with E-state index in [1.165, 1.54) is 0 Å². The van der Waals surface area contributed by atoms with Gasteiger partial charge in [0.2, 0.25) is 0 Å². The monoisotopic (exact) mass is 264 g/mol. The summed E-state index contributed by atoms with van der Waals surface area (Å²) in [4.78, 5) is 17.4. The number of fused-ring (bicyclic) bond motifs is 1. The van der Waals surface area contributed by atoms with E-state index in [0.717, 1.165) is 22.2 Å². The highest BCUT2D eigenvalue weighted by Crippen LogP contribution is 2.21. The molecule has 0 radical (unpaired) electrons. The summed E-state index contributed by atoms with van der Waals surface area (Å²) in [6.07, 6.45) is 0. The number of hydrogen-bond donors (Lipinski definition) is 1. The minimum atomic E-state index is -0.0319. The number of amides is 1. The predicted octanol–water partition coefficient (Wildman–Crippen LogP) is 3.75. The van der Waals surface area contributed by atoms with Crippen molar-refractivity contribution in [2.75, 3.05) is 11.9 Å². The zero-order valence-electron chi connectivity index (χ0n) is 11.6. The van der Waals surface area contributed by atoms with Crippen LogP contribution in [-0.2, 0) is 0 Å². The third-order valence-electron chi connectivity index (χ3n) is 3.54. The molecule has 0 spiro atoms. The average molecular weight is 264 g/mol. The molecule has 0 aliphatic rings. The molecule has 3 heteroatoms. The summed E-state index contributed by atoms with van der Waals surface area (Å²) in [5.74, 6) is -0.0319. The molecular weight excluding hydrogens is 248 g/mol. The summed E-state index contributed by atoms with van der Waals surface area (Å²) in [6, 6.07) is 17.7. The largest absolute Gasteiger partial charge is 0.351 e. The summed E-state index contributed by atoms with van der Waals surface area (Å²) in [6.45, 7) is 2.00. The summed E-state index contributed by atoms with van der Waals surface area (Å²) < 4.78 is 0. The molecule has 100 valence electrons. The molecule has 0 unspecified atom stereocenters.